The number of carbonyl (C=O) groups excluding carboxylic acids is 2. The molecule has 1 aliphatic rings. The van der Waals surface area contributed by atoms with Crippen LogP contribution in [0.2, 0.25) is 0 Å². The van der Waals surface area contributed by atoms with E-state index in [9.17, 15) is 9.59 Å². The van der Waals surface area contributed by atoms with E-state index in [1.807, 2.05) is 32.0 Å². The van der Waals surface area contributed by atoms with Crippen LogP contribution in [0, 0.1) is 6.92 Å². The predicted octanol–water partition coefficient (Wildman–Crippen LogP) is 3.45. The Morgan fingerprint density at radius 1 is 1.31 bits per heavy atom. The molecule has 2 aromatic rings. The number of thiazole rings is 1. The molecule has 0 spiro atoms. The SMILES string of the molecule is CCNC(=NCC(=O)N1CCc2ccccc21)NC(C)c1nc(C)c(C(=O)OCC)s1.I. The van der Waals surface area contributed by atoms with Gasteiger partial charge in [-0.15, -0.1) is 35.3 Å². The van der Waals surface area contributed by atoms with Crippen molar-refractivity contribution in [1.82, 2.24) is 15.6 Å². The lowest BCUT2D eigenvalue weighted by atomic mass is 10.2. The summed E-state index contributed by atoms with van der Waals surface area (Å²) in [5, 5.41) is 7.20. The number of fused-ring (bicyclic) bond motifs is 1. The van der Waals surface area contributed by atoms with E-state index < -0.39 is 0 Å². The number of aromatic nitrogens is 1. The standard InChI is InChI=1S/C22H29N5O3S.HI/c1-5-23-22(24-13-18(28)27-12-11-16-9-7-8-10-17(16)27)26-15(4)20-25-14(3)19(31-20)21(29)30-6-2;/h7-10,15H,5-6,11-13H2,1-4H3,(H2,23,24,26);1H. The minimum absolute atomic E-state index is 0. The predicted molar refractivity (Wildman–Crippen MR) is 138 cm³/mol. The Bertz CT molecular complexity index is 978. The summed E-state index contributed by atoms with van der Waals surface area (Å²) in [7, 11) is 0. The second-order valence-corrected chi connectivity index (χ2v) is 8.20. The average molecular weight is 571 g/mol. The Balaban J connectivity index is 0.00000363. The van der Waals surface area contributed by atoms with Crippen LogP contribution >= 0.6 is 35.3 Å². The molecule has 10 heteroatoms. The monoisotopic (exact) mass is 571 g/mol. The van der Waals surface area contributed by atoms with E-state index in [1.165, 1.54) is 16.9 Å². The number of benzene rings is 1. The molecule has 1 atom stereocenters. The van der Waals surface area contributed by atoms with Crippen LogP contribution in [0.15, 0.2) is 29.3 Å². The van der Waals surface area contributed by atoms with Crippen LogP contribution in [0.1, 0.15) is 52.7 Å². The molecule has 0 saturated carbocycles. The van der Waals surface area contributed by atoms with E-state index in [2.05, 4.69) is 26.7 Å². The number of para-hydroxylation sites is 1. The molecular formula is C22H30IN5O3S. The fraction of sp³-hybridized carbons (Fsp3) is 0.455. The Morgan fingerprint density at radius 2 is 2.06 bits per heavy atom. The van der Waals surface area contributed by atoms with Crippen molar-refractivity contribution < 1.29 is 14.3 Å². The van der Waals surface area contributed by atoms with Crippen LogP contribution in [0.25, 0.3) is 0 Å². The van der Waals surface area contributed by atoms with Gasteiger partial charge in [-0.25, -0.2) is 14.8 Å². The molecule has 174 valence electrons. The molecule has 0 saturated heterocycles. The van der Waals surface area contributed by atoms with E-state index in [1.54, 1.807) is 18.7 Å². The minimum Gasteiger partial charge on any atom is -0.462 e. The highest BCUT2D eigenvalue weighted by Gasteiger charge is 2.24. The molecule has 0 aliphatic carbocycles. The molecule has 32 heavy (non-hydrogen) atoms. The van der Waals surface area contributed by atoms with Crippen molar-refractivity contribution in [3.8, 4) is 0 Å². The maximum atomic E-state index is 12.8. The zero-order chi connectivity index (χ0) is 22.4. The molecule has 1 unspecified atom stereocenters. The molecular weight excluding hydrogens is 541 g/mol. The molecule has 1 aromatic carbocycles. The van der Waals surface area contributed by atoms with Gasteiger partial charge in [-0.1, -0.05) is 18.2 Å². The Morgan fingerprint density at radius 3 is 2.78 bits per heavy atom. The summed E-state index contributed by atoms with van der Waals surface area (Å²) in [5.74, 6) is 0.138. The van der Waals surface area contributed by atoms with Crippen LogP contribution in [-0.4, -0.2) is 49.1 Å². The van der Waals surface area contributed by atoms with Gasteiger partial charge in [-0.2, -0.15) is 0 Å². The van der Waals surface area contributed by atoms with Crippen molar-refractivity contribution in [3.05, 3.63) is 45.4 Å². The first kappa shape index (κ1) is 26.0. The normalized spacial score (nSPS) is 13.8. The van der Waals surface area contributed by atoms with Crippen LogP contribution in [0.4, 0.5) is 5.69 Å². The van der Waals surface area contributed by atoms with Crippen LogP contribution in [-0.2, 0) is 16.0 Å². The number of rotatable bonds is 7. The zero-order valence-corrected chi connectivity index (χ0v) is 22.0. The number of hydrogen-bond donors (Lipinski definition) is 2. The van der Waals surface area contributed by atoms with E-state index in [0.29, 0.717) is 36.2 Å². The third-order valence-electron chi connectivity index (χ3n) is 4.90. The maximum Gasteiger partial charge on any atom is 0.350 e. The number of hydrogen-bond acceptors (Lipinski definition) is 6. The molecule has 0 bridgehead atoms. The summed E-state index contributed by atoms with van der Waals surface area (Å²) in [6, 6.07) is 7.78. The van der Waals surface area contributed by atoms with Crippen molar-refractivity contribution >= 4 is 58.8 Å². The van der Waals surface area contributed by atoms with Gasteiger partial charge in [-0.05, 0) is 45.7 Å². The largest absolute Gasteiger partial charge is 0.462 e. The van der Waals surface area contributed by atoms with E-state index in [4.69, 9.17) is 4.74 Å². The van der Waals surface area contributed by atoms with Crippen molar-refractivity contribution in [1.29, 1.82) is 0 Å². The van der Waals surface area contributed by atoms with Gasteiger partial charge < -0.3 is 20.3 Å². The summed E-state index contributed by atoms with van der Waals surface area (Å²) in [6.07, 6.45) is 0.868. The summed E-state index contributed by atoms with van der Waals surface area (Å²) in [4.78, 5) is 36.1. The molecule has 0 fully saturated rings. The number of guanidine groups is 1. The number of aryl methyl sites for hydroxylation is 1. The molecule has 1 aliphatic heterocycles. The number of carbonyl (C=O) groups is 2. The van der Waals surface area contributed by atoms with E-state index in [0.717, 1.165) is 17.1 Å². The van der Waals surface area contributed by atoms with Gasteiger partial charge in [0, 0.05) is 18.8 Å². The molecule has 3 rings (SSSR count). The van der Waals surface area contributed by atoms with Gasteiger partial charge in [0.2, 0.25) is 5.91 Å². The smallest absolute Gasteiger partial charge is 0.350 e. The second-order valence-electron chi connectivity index (χ2n) is 7.17. The lowest BCUT2D eigenvalue weighted by Crippen LogP contribution is -2.40. The first-order chi connectivity index (χ1) is 14.9. The Labute approximate surface area is 209 Å². The Kier molecular flexibility index (Phi) is 9.88. The Hall–Kier alpha value is -2.21. The van der Waals surface area contributed by atoms with Crippen LogP contribution < -0.4 is 15.5 Å². The van der Waals surface area contributed by atoms with Gasteiger partial charge in [0.05, 0.1) is 18.3 Å². The van der Waals surface area contributed by atoms with Crippen LogP contribution in [0.5, 0.6) is 0 Å². The molecule has 8 nitrogen and oxygen atoms in total. The highest BCUT2D eigenvalue weighted by Crippen LogP contribution is 2.27. The molecule has 1 amide bonds. The number of amides is 1. The minimum atomic E-state index is -0.354. The number of aliphatic imine (C=N–C) groups is 1. The average Bonchev–Trinajstić information content (AvgIpc) is 3.36. The van der Waals surface area contributed by atoms with E-state index >= 15 is 0 Å². The van der Waals surface area contributed by atoms with Gasteiger partial charge >= 0.3 is 5.97 Å². The molecule has 0 radical (unpaired) electrons. The van der Waals surface area contributed by atoms with Crippen molar-refractivity contribution in [2.24, 2.45) is 4.99 Å². The quantitative estimate of drug-likeness (QED) is 0.229. The lowest BCUT2D eigenvalue weighted by Gasteiger charge is -2.18. The van der Waals surface area contributed by atoms with Gasteiger partial charge in [0.15, 0.2) is 5.96 Å². The first-order valence-electron chi connectivity index (χ1n) is 10.5. The maximum absolute atomic E-state index is 12.8. The lowest BCUT2D eigenvalue weighted by molar-refractivity contribution is -0.117. The van der Waals surface area contributed by atoms with Gasteiger partial charge in [0.1, 0.15) is 16.4 Å². The summed E-state index contributed by atoms with van der Waals surface area (Å²) in [5.41, 5.74) is 2.81. The van der Waals surface area contributed by atoms with Crippen LogP contribution in [0.3, 0.4) is 0 Å². The molecule has 1 aromatic heterocycles. The van der Waals surface area contributed by atoms with Gasteiger partial charge in [0.25, 0.3) is 0 Å². The van der Waals surface area contributed by atoms with Crippen molar-refractivity contribution in [2.45, 2.75) is 40.2 Å². The number of anilines is 1. The summed E-state index contributed by atoms with van der Waals surface area (Å²) in [6.45, 7) is 9.19. The van der Waals surface area contributed by atoms with Crippen molar-refractivity contribution in [2.75, 3.05) is 31.1 Å². The number of nitrogens with one attached hydrogen (secondary N) is 2. The van der Waals surface area contributed by atoms with E-state index in [-0.39, 0.29) is 48.4 Å². The second kappa shape index (κ2) is 12.1. The summed E-state index contributed by atoms with van der Waals surface area (Å²) < 4.78 is 5.09. The summed E-state index contributed by atoms with van der Waals surface area (Å²) >= 11 is 1.31. The van der Waals surface area contributed by atoms with Crippen molar-refractivity contribution in [3.63, 3.8) is 0 Å². The third-order valence-corrected chi connectivity index (χ3v) is 6.22. The molecule has 2 N–H and O–H groups in total. The highest BCUT2D eigenvalue weighted by molar-refractivity contribution is 14.0. The zero-order valence-electron chi connectivity index (χ0n) is 18.8. The fourth-order valence-electron chi connectivity index (χ4n) is 3.40. The number of esters is 1. The number of ether oxygens (including phenoxy) is 1. The third kappa shape index (κ3) is 6.18. The number of nitrogens with zero attached hydrogens (tertiary/aromatic N) is 3. The van der Waals surface area contributed by atoms with Gasteiger partial charge in [-0.3, -0.25) is 4.79 Å². The first-order valence-corrected chi connectivity index (χ1v) is 11.3. The number of halogens is 1. The highest BCUT2D eigenvalue weighted by atomic mass is 127. The topological polar surface area (TPSA) is 95.9 Å². The molecule has 2 heterocycles. The fourth-order valence-corrected chi connectivity index (χ4v) is 4.37.